The summed E-state index contributed by atoms with van der Waals surface area (Å²) in [7, 11) is 0. The average molecular weight is 746 g/mol. The predicted octanol–water partition coefficient (Wildman–Crippen LogP) is 13.4. The first-order valence-corrected chi connectivity index (χ1v) is 19.9. The van der Waals surface area contributed by atoms with Crippen LogP contribution in [0.5, 0.6) is 0 Å². The van der Waals surface area contributed by atoms with E-state index >= 15 is 0 Å². The first-order valence-electron chi connectivity index (χ1n) is 19.1. The van der Waals surface area contributed by atoms with Gasteiger partial charge in [-0.2, -0.15) is 9.97 Å². The highest BCUT2D eigenvalue weighted by molar-refractivity contribution is 7.25. The van der Waals surface area contributed by atoms with Gasteiger partial charge in [0.1, 0.15) is 0 Å². The van der Waals surface area contributed by atoms with E-state index in [9.17, 15) is 0 Å². The lowest BCUT2D eigenvalue weighted by Crippen LogP contribution is -2.06. The Balaban J connectivity index is 1.15. The highest BCUT2D eigenvalue weighted by Gasteiger charge is 2.23. The molecule has 0 aliphatic carbocycles. The molecule has 12 aromatic rings. The molecule has 0 N–H and O–H groups in total. The van der Waals surface area contributed by atoms with Crippen molar-refractivity contribution in [3.05, 3.63) is 188 Å². The summed E-state index contributed by atoms with van der Waals surface area (Å²) in [6, 6.07) is 66.7. The molecule has 266 valence electrons. The first-order chi connectivity index (χ1) is 28.3. The fourth-order valence-corrected chi connectivity index (χ4v) is 9.77. The van der Waals surface area contributed by atoms with Crippen molar-refractivity contribution in [2.45, 2.75) is 0 Å². The lowest BCUT2D eigenvalue weighted by molar-refractivity contribution is 0.954. The van der Waals surface area contributed by atoms with E-state index in [1.165, 1.54) is 42.1 Å². The van der Waals surface area contributed by atoms with E-state index in [1.54, 1.807) is 11.3 Å². The zero-order valence-corrected chi connectivity index (χ0v) is 31.4. The number of thiophene rings is 1. The second kappa shape index (κ2) is 12.6. The summed E-state index contributed by atoms with van der Waals surface area (Å²) in [6.07, 6.45) is 0. The number of hydrogen-bond donors (Lipinski definition) is 0. The van der Waals surface area contributed by atoms with E-state index in [0.717, 1.165) is 49.7 Å². The molecular weight excluding hydrogens is 715 g/mol. The van der Waals surface area contributed by atoms with Crippen molar-refractivity contribution < 1.29 is 0 Å². The molecule has 0 aliphatic rings. The Morgan fingerprint density at radius 1 is 0.351 bits per heavy atom. The van der Waals surface area contributed by atoms with Crippen LogP contribution < -0.4 is 0 Å². The number of para-hydroxylation sites is 2. The number of aromatic nitrogens is 5. The fraction of sp³-hybridized carbons (Fsp3) is 0. The van der Waals surface area contributed by atoms with Crippen LogP contribution in [0.15, 0.2) is 188 Å². The van der Waals surface area contributed by atoms with Crippen molar-refractivity contribution >= 4 is 75.1 Å². The third-order valence-electron chi connectivity index (χ3n) is 11.2. The Bertz CT molecular complexity index is 3520. The minimum Gasteiger partial charge on any atom is -0.309 e. The molecule has 0 saturated carbocycles. The molecule has 5 nitrogen and oxygen atoms in total. The molecule has 0 fully saturated rings. The maximum Gasteiger partial charge on any atom is 0.238 e. The van der Waals surface area contributed by atoms with Crippen LogP contribution in [0.3, 0.4) is 0 Å². The Hall–Kier alpha value is -7.41. The maximum absolute atomic E-state index is 5.32. The van der Waals surface area contributed by atoms with E-state index in [0.29, 0.717) is 17.6 Å². The van der Waals surface area contributed by atoms with Gasteiger partial charge in [0.15, 0.2) is 11.6 Å². The second-order valence-corrected chi connectivity index (χ2v) is 15.5. The van der Waals surface area contributed by atoms with Crippen LogP contribution >= 0.6 is 11.3 Å². The minimum absolute atomic E-state index is 0.578. The van der Waals surface area contributed by atoms with Gasteiger partial charge in [0.2, 0.25) is 5.95 Å². The van der Waals surface area contributed by atoms with Crippen molar-refractivity contribution in [2.75, 3.05) is 0 Å². The van der Waals surface area contributed by atoms with Crippen LogP contribution in [-0.2, 0) is 0 Å². The topological polar surface area (TPSA) is 48.5 Å². The molecule has 0 spiro atoms. The van der Waals surface area contributed by atoms with Gasteiger partial charge in [-0.15, -0.1) is 11.3 Å². The Morgan fingerprint density at radius 3 is 1.77 bits per heavy atom. The number of nitrogens with zero attached hydrogens (tertiary/aromatic N) is 5. The maximum atomic E-state index is 5.32. The van der Waals surface area contributed by atoms with Gasteiger partial charge in [0, 0.05) is 58.5 Å². The lowest BCUT2D eigenvalue weighted by Gasteiger charge is -2.12. The quantitative estimate of drug-likeness (QED) is 0.176. The van der Waals surface area contributed by atoms with E-state index < -0.39 is 0 Å². The van der Waals surface area contributed by atoms with Crippen molar-refractivity contribution in [1.82, 2.24) is 24.1 Å². The molecule has 0 aliphatic heterocycles. The lowest BCUT2D eigenvalue weighted by atomic mass is 10.0. The average Bonchev–Trinajstić information content (AvgIpc) is 3.94. The van der Waals surface area contributed by atoms with E-state index in [2.05, 4.69) is 179 Å². The van der Waals surface area contributed by atoms with Gasteiger partial charge in [-0.1, -0.05) is 146 Å². The smallest absolute Gasteiger partial charge is 0.238 e. The van der Waals surface area contributed by atoms with Crippen molar-refractivity contribution in [3.63, 3.8) is 0 Å². The summed E-state index contributed by atoms with van der Waals surface area (Å²) < 4.78 is 7.14. The van der Waals surface area contributed by atoms with Crippen molar-refractivity contribution in [3.8, 4) is 45.5 Å². The van der Waals surface area contributed by atoms with Crippen molar-refractivity contribution in [2.24, 2.45) is 0 Å². The van der Waals surface area contributed by atoms with Crippen molar-refractivity contribution in [1.29, 1.82) is 0 Å². The summed E-state index contributed by atoms with van der Waals surface area (Å²) in [5.41, 5.74) is 9.74. The Morgan fingerprint density at radius 2 is 0.965 bits per heavy atom. The molecule has 0 radical (unpaired) electrons. The van der Waals surface area contributed by atoms with Gasteiger partial charge in [-0.3, -0.25) is 4.57 Å². The van der Waals surface area contributed by atoms with Crippen LogP contribution in [0.1, 0.15) is 0 Å². The predicted molar refractivity (Wildman–Crippen MR) is 238 cm³/mol. The fourth-order valence-electron chi connectivity index (χ4n) is 8.62. The normalized spacial score (nSPS) is 11.9. The molecule has 4 heterocycles. The molecule has 4 aromatic heterocycles. The molecule has 57 heavy (non-hydrogen) atoms. The van der Waals surface area contributed by atoms with Crippen LogP contribution in [0, 0.1) is 0 Å². The molecule has 0 saturated heterocycles. The molecule has 12 rings (SSSR count). The van der Waals surface area contributed by atoms with Gasteiger partial charge in [-0.25, -0.2) is 4.98 Å². The molecule has 0 amide bonds. The third kappa shape index (κ3) is 4.98. The van der Waals surface area contributed by atoms with E-state index in [-0.39, 0.29) is 0 Å². The van der Waals surface area contributed by atoms with Crippen LogP contribution in [-0.4, -0.2) is 24.1 Å². The zero-order valence-electron chi connectivity index (χ0n) is 30.5. The Kier molecular flexibility index (Phi) is 7.03. The monoisotopic (exact) mass is 745 g/mol. The first kappa shape index (κ1) is 31.9. The van der Waals surface area contributed by atoms with Gasteiger partial charge in [-0.05, 0) is 53.6 Å². The highest BCUT2D eigenvalue weighted by atomic mass is 32.1. The van der Waals surface area contributed by atoms with Gasteiger partial charge in [0.25, 0.3) is 0 Å². The molecule has 0 unspecified atom stereocenters. The van der Waals surface area contributed by atoms with Crippen LogP contribution in [0.25, 0.3) is 109 Å². The summed E-state index contributed by atoms with van der Waals surface area (Å²) >= 11 is 1.80. The van der Waals surface area contributed by atoms with E-state index in [1.807, 2.05) is 18.2 Å². The standard InChI is InChI=1S/C51H31N5S/c1-3-14-32(15-4-1)34-18-13-19-36(30-34)55-42-23-10-7-20-37(42)40-28-29-44-47(48(40)55)41-22-8-11-24-43(41)56(44)51-53-49(33-16-5-2-6-17-33)52-50(54-51)35-26-27-39-38-21-9-12-25-45(38)57-46(39)31-35/h1-31H. The largest absolute Gasteiger partial charge is 0.309 e. The molecule has 8 aromatic carbocycles. The highest BCUT2D eigenvalue weighted by Crippen LogP contribution is 2.43. The number of hydrogen-bond acceptors (Lipinski definition) is 4. The molecule has 0 bridgehead atoms. The molecule has 0 atom stereocenters. The second-order valence-electron chi connectivity index (χ2n) is 14.4. The summed E-state index contributed by atoms with van der Waals surface area (Å²) in [5.74, 6) is 1.84. The van der Waals surface area contributed by atoms with Gasteiger partial charge >= 0.3 is 0 Å². The third-order valence-corrected chi connectivity index (χ3v) is 12.3. The number of benzene rings is 8. The SMILES string of the molecule is c1ccc(-c2cccc(-n3c4ccccc4c4ccc5c(c6ccccc6n5-c5nc(-c6ccccc6)nc(-c6ccc7c(c6)sc6ccccc67)n5)c43)c2)cc1. The van der Waals surface area contributed by atoms with Crippen LogP contribution in [0.2, 0.25) is 0 Å². The summed E-state index contributed by atoms with van der Waals surface area (Å²) in [6.45, 7) is 0. The number of fused-ring (bicyclic) bond motifs is 10. The Labute approximate surface area is 331 Å². The van der Waals surface area contributed by atoms with E-state index in [4.69, 9.17) is 15.0 Å². The minimum atomic E-state index is 0.578. The molecule has 6 heteroatoms. The van der Waals surface area contributed by atoms with Gasteiger partial charge < -0.3 is 4.57 Å². The number of rotatable bonds is 5. The molecular formula is C51H31N5S. The summed E-state index contributed by atoms with van der Waals surface area (Å²) in [4.78, 5) is 15.7. The van der Waals surface area contributed by atoms with Gasteiger partial charge in [0.05, 0.1) is 22.1 Å². The summed E-state index contributed by atoms with van der Waals surface area (Å²) in [5, 5.41) is 7.21. The van der Waals surface area contributed by atoms with Crippen LogP contribution in [0.4, 0.5) is 0 Å². The zero-order chi connectivity index (χ0) is 37.5.